The predicted octanol–water partition coefficient (Wildman–Crippen LogP) is 5.03. The molecule has 1 aliphatic rings. The third-order valence-electron chi connectivity index (χ3n) is 6.86. The van der Waals surface area contributed by atoms with Gasteiger partial charge in [0, 0.05) is 38.4 Å². The van der Waals surface area contributed by atoms with Gasteiger partial charge >= 0.3 is 0 Å². The molecule has 1 fully saturated rings. The van der Waals surface area contributed by atoms with Crippen LogP contribution < -0.4 is 24.8 Å². The number of hydrogen-bond donors (Lipinski definition) is 2. The van der Waals surface area contributed by atoms with E-state index in [4.69, 9.17) is 18.9 Å². The third kappa shape index (κ3) is 9.72. The summed E-state index contributed by atoms with van der Waals surface area (Å²) in [6.45, 7) is 5.03. The molecule has 4 rings (SSSR count). The summed E-state index contributed by atoms with van der Waals surface area (Å²) in [5, 5.41) is 6.15. The van der Waals surface area contributed by atoms with Gasteiger partial charge in [0.1, 0.15) is 23.9 Å². The Balaban J connectivity index is 1.21. The van der Waals surface area contributed by atoms with Gasteiger partial charge in [-0.25, -0.2) is 8.78 Å². The van der Waals surface area contributed by atoms with Gasteiger partial charge in [-0.15, -0.1) is 0 Å². The van der Waals surface area contributed by atoms with Crippen molar-refractivity contribution < 1.29 is 32.5 Å². The number of para-hydroxylation sites is 1. The van der Waals surface area contributed by atoms with Gasteiger partial charge in [0.05, 0.1) is 25.9 Å². The summed E-state index contributed by atoms with van der Waals surface area (Å²) in [5.41, 5.74) is 2.01. The van der Waals surface area contributed by atoms with Gasteiger partial charge in [0.25, 0.3) is 0 Å². The first kappa shape index (κ1) is 30.3. The van der Waals surface area contributed by atoms with Crippen molar-refractivity contribution in [3.63, 3.8) is 0 Å². The fourth-order valence-corrected chi connectivity index (χ4v) is 4.78. The van der Waals surface area contributed by atoms with Crippen LogP contribution in [0.2, 0.25) is 0 Å². The first-order valence-corrected chi connectivity index (χ1v) is 14.1. The minimum absolute atomic E-state index is 0.0265. The lowest BCUT2D eigenvalue weighted by Gasteiger charge is -2.32. The van der Waals surface area contributed by atoms with Crippen LogP contribution in [0.1, 0.15) is 36.8 Å². The zero-order chi connectivity index (χ0) is 28.9. The molecule has 7 nitrogen and oxygen atoms in total. The van der Waals surface area contributed by atoms with Crippen LogP contribution in [0, 0.1) is 11.6 Å². The summed E-state index contributed by atoms with van der Waals surface area (Å²) in [5.74, 6) is 0.859. The van der Waals surface area contributed by atoms with Gasteiger partial charge in [0.15, 0.2) is 11.6 Å². The van der Waals surface area contributed by atoms with Crippen LogP contribution in [0.25, 0.3) is 0 Å². The van der Waals surface area contributed by atoms with E-state index in [1.165, 1.54) is 30.7 Å². The molecular weight excluding hydrogens is 530 g/mol. The van der Waals surface area contributed by atoms with Crippen molar-refractivity contribution in [3.05, 3.63) is 89.5 Å². The van der Waals surface area contributed by atoms with Gasteiger partial charge in [-0.1, -0.05) is 30.3 Å². The molecule has 0 saturated carbocycles. The predicted molar refractivity (Wildman–Crippen MR) is 153 cm³/mol. The minimum atomic E-state index is -0.371. The molecular formula is C32H38F2N2O5. The van der Waals surface area contributed by atoms with Crippen LogP contribution in [0.3, 0.4) is 0 Å². The highest BCUT2D eigenvalue weighted by atomic mass is 19.1. The summed E-state index contributed by atoms with van der Waals surface area (Å²) in [6.07, 6.45) is 2.10. The molecule has 0 radical (unpaired) electrons. The highest BCUT2D eigenvalue weighted by molar-refractivity contribution is 5.72. The Morgan fingerprint density at radius 3 is 2.51 bits per heavy atom. The molecule has 0 aliphatic carbocycles. The highest BCUT2D eigenvalue weighted by Crippen LogP contribution is 2.29. The molecule has 3 aromatic carbocycles. The van der Waals surface area contributed by atoms with Gasteiger partial charge < -0.3 is 29.6 Å². The Morgan fingerprint density at radius 2 is 1.71 bits per heavy atom. The topological polar surface area (TPSA) is 78.1 Å². The first-order chi connectivity index (χ1) is 20.0. The quantitative estimate of drug-likeness (QED) is 0.251. The monoisotopic (exact) mass is 568 g/mol. The SMILES string of the molecule is CC(=O)NCCc1ccc(F)cc1OCCO[C@H]1CNCC[C@@H]1c1ccc(OCCCOc2ccccc2F)cc1. The molecule has 1 saturated heterocycles. The van der Waals surface area contributed by atoms with Crippen molar-refractivity contribution in [1.29, 1.82) is 0 Å². The Bertz CT molecular complexity index is 1240. The van der Waals surface area contributed by atoms with Crippen LogP contribution in [0.4, 0.5) is 8.78 Å². The lowest BCUT2D eigenvalue weighted by atomic mass is 9.88. The number of carbonyl (C=O) groups is 1. The molecule has 41 heavy (non-hydrogen) atoms. The molecule has 0 spiro atoms. The van der Waals surface area contributed by atoms with Gasteiger partial charge in [-0.2, -0.15) is 0 Å². The molecule has 9 heteroatoms. The molecule has 0 bridgehead atoms. The lowest BCUT2D eigenvalue weighted by Crippen LogP contribution is -2.41. The average Bonchev–Trinajstić information content (AvgIpc) is 2.97. The zero-order valence-electron chi connectivity index (χ0n) is 23.4. The van der Waals surface area contributed by atoms with E-state index in [1.807, 2.05) is 12.1 Å². The Morgan fingerprint density at radius 1 is 0.927 bits per heavy atom. The number of nitrogens with one attached hydrogen (secondary N) is 2. The van der Waals surface area contributed by atoms with Crippen molar-refractivity contribution in [2.24, 2.45) is 0 Å². The van der Waals surface area contributed by atoms with E-state index in [0.717, 1.165) is 30.8 Å². The molecule has 1 amide bonds. The Kier molecular flexibility index (Phi) is 11.8. The first-order valence-electron chi connectivity index (χ1n) is 14.1. The number of ether oxygens (including phenoxy) is 4. The second kappa shape index (κ2) is 15.9. The zero-order valence-corrected chi connectivity index (χ0v) is 23.4. The number of carbonyl (C=O) groups excluding carboxylic acids is 1. The van der Waals surface area contributed by atoms with Gasteiger partial charge in [-0.3, -0.25) is 4.79 Å². The van der Waals surface area contributed by atoms with Crippen LogP contribution in [-0.4, -0.2) is 58.1 Å². The van der Waals surface area contributed by atoms with E-state index < -0.39 is 0 Å². The van der Waals surface area contributed by atoms with Crippen LogP contribution in [-0.2, 0) is 16.0 Å². The van der Waals surface area contributed by atoms with Crippen molar-refractivity contribution in [3.8, 4) is 17.2 Å². The second-order valence-electron chi connectivity index (χ2n) is 9.89. The van der Waals surface area contributed by atoms with Crippen molar-refractivity contribution >= 4 is 5.91 Å². The molecule has 1 heterocycles. The summed E-state index contributed by atoms with van der Waals surface area (Å²) < 4.78 is 50.8. The fourth-order valence-electron chi connectivity index (χ4n) is 4.78. The van der Waals surface area contributed by atoms with Crippen LogP contribution in [0.5, 0.6) is 17.2 Å². The van der Waals surface area contributed by atoms with Gasteiger partial charge in [0.2, 0.25) is 5.91 Å². The highest BCUT2D eigenvalue weighted by Gasteiger charge is 2.27. The molecule has 3 aromatic rings. The number of rotatable bonds is 15. The summed E-state index contributed by atoms with van der Waals surface area (Å²) in [4.78, 5) is 11.1. The number of hydrogen-bond acceptors (Lipinski definition) is 6. The van der Waals surface area contributed by atoms with Crippen LogP contribution >= 0.6 is 0 Å². The summed E-state index contributed by atoms with van der Waals surface area (Å²) >= 11 is 0. The molecule has 220 valence electrons. The number of amides is 1. The number of benzene rings is 3. The van der Waals surface area contributed by atoms with Crippen LogP contribution in [0.15, 0.2) is 66.7 Å². The number of piperidine rings is 1. The van der Waals surface area contributed by atoms with Crippen molar-refractivity contribution in [2.45, 2.75) is 38.2 Å². The normalized spacial score (nSPS) is 16.7. The van der Waals surface area contributed by atoms with E-state index in [1.54, 1.807) is 24.3 Å². The largest absolute Gasteiger partial charge is 0.493 e. The maximum absolute atomic E-state index is 13.8. The second-order valence-corrected chi connectivity index (χ2v) is 9.89. The van der Waals surface area contributed by atoms with E-state index >= 15 is 0 Å². The Hall–Kier alpha value is -3.69. The average molecular weight is 569 g/mol. The molecule has 1 aliphatic heterocycles. The smallest absolute Gasteiger partial charge is 0.216 e. The molecule has 2 N–H and O–H groups in total. The molecule has 2 atom stereocenters. The maximum atomic E-state index is 13.8. The maximum Gasteiger partial charge on any atom is 0.216 e. The molecule has 0 aromatic heterocycles. The summed E-state index contributed by atoms with van der Waals surface area (Å²) in [7, 11) is 0. The van der Waals surface area contributed by atoms with E-state index in [9.17, 15) is 13.6 Å². The van der Waals surface area contributed by atoms with E-state index in [0.29, 0.717) is 45.0 Å². The molecule has 0 unspecified atom stereocenters. The van der Waals surface area contributed by atoms with Crippen molar-refractivity contribution in [1.82, 2.24) is 10.6 Å². The van der Waals surface area contributed by atoms with E-state index in [-0.39, 0.29) is 41.9 Å². The fraction of sp³-hybridized carbons (Fsp3) is 0.406. The Labute approximate surface area is 240 Å². The van der Waals surface area contributed by atoms with E-state index in [2.05, 4.69) is 22.8 Å². The third-order valence-corrected chi connectivity index (χ3v) is 6.86. The standard InChI is InChI=1S/C32H38F2N2O5/c1-23(37)36-16-13-25-7-10-26(33)21-31(25)40-19-20-41-32-22-35-15-14-28(32)24-8-11-27(12-9-24)38-17-4-18-39-30-6-3-2-5-29(30)34/h2-3,5-12,21,28,32,35H,4,13-20,22H2,1H3,(H,36,37)/t28-,32+/m1/s1. The number of halogens is 2. The lowest BCUT2D eigenvalue weighted by molar-refractivity contribution is -0.118. The minimum Gasteiger partial charge on any atom is -0.493 e. The van der Waals surface area contributed by atoms with Crippen molar-refractivity contribution in [2.75, 3.05) is 46.1 Å². The summed E-state index contributed by atoms with van der Waals surface area (Å²) in [6, 6.07) is 18.9. The van der Waals surface area contributed by atoms with Gasteiger partial charge in [-0.05, 0) is 60.8 Å².